The summed E-state index contributed by atoms with van der Waals surface area (Å²) >= 11 is 0. The van der Waals surface area contributed by atoms with Crippen molar-refractivity contribution < 1.29 is 4.74 Å². The molecule has 1 fully saturated rings. The second kappa shape index (κ2) is 5.91. The van der Waals surface area contributed by atoms with Crippen molar-refractivity contribution in [2.75, 3.05) is 19.7 Å². The second-order valence-electron chi connectivity index (χ2n) is 5.98. The van der Waals surface area contributed by atoms with Crippen molar-refractivity contribution in [2.45, 2.75) is 58.6 Å². The maximum absolute atomic E-state index is 5.95. The van der Waals surface area contributed by atoms with Crippen LogP contribution in [-0.2, 0) is 4.74 Å². The standard InChI is InChI=1S/C14H27N3O/c1-4-5-9-18-12-10-11(14(12,2)3)17-13-15-7-6-8-16-13/h11-12H,4-10H2,1-3H3,(H2,15,16,17). The molecule has 0 radical (unpaired) electrons. The predicted octanol–water partition coefficient (Wildman–Crippen LogP) is 1.91. The maximum atomic E-state index is 5.95. The van der Waals surface area contributed by atoms with E-state index in [0.717, 1.165) is 38.5 Å². The highest BCUT2D eigenvalue weighted by Gasteiger charge is 2.49. The third-order valence-electron chi connectivity index (χ3n) is 4.20. The summed E-state index contributed by atoms with van der Waals surface area (Å²) in [5, 5.41) is 6.85. The smallest absolute Gasteiger partial charge is 0.191 e. The van der Waals surface area contributed by atoms with E-state index in [4.69, 9.17) is 4.74 Å². The van der Waals surface area contributed by atoms with E-state index < -0.39 is 0 Å². The van der Waals surface area contributed by atoms with E-state index in [1.165, 1.54) is 12.8 Å². The van der Waals surface area contributed by atoms with Crippen LogP contribution in [0.3, 0.4) is 0 Å². The largest absolute Gasteiger partial charge is 0.378 e. The zero-order valence-corrected chi connectivity index (χ0v) is 12.0. The van der Waals surface area contributed by atoms with Gasteiger partial charge in [-0.25, -0.2) is 0 Å². The highest BCUT2D eigenvalue weighted by atomic mass is 16.5. The Labute approximate surface area is 111 Å². The Morgan fingerprint density at radius 2 is 2.33 bits per heavy atom. The Morgan fingerprint density at radius 3 is 2.94 bits per heavy atom. The lowest BCUT2D eigenvalue weighted by Gasteiger charge is -2.52. The molecule has 0 aromatic rings. The molecule has 104 valence electrons. The molecule has 0 saturated heterocycles. The van der Waals surface area contributed by atoms with Crippen molar-refractivity contribution in [3.63, 3.8) is 0 Å². The van der Waals surface area contributed by atoms with Crippen LogP contribution in [0, 0.1) is 5.41 Å². The lowest BCUT2D eigenvalue weighted by atomic mass is 9.64. The zero-order valence-electron chi connectivity index (χ0n) is 12.0. The van der Waals surface area contributed by atoms with Gasteiger partial charge in [0, 0.05) is 31.2 Å². The fraction of sp³-hybridized carbons (Fsp3) is 0.929. The van der Waals surface area contributed by atoms with Gasteiger partial charge in [-0.3, -0.25) is 4.99 Å². The van der Waals surface area contributed by atoms with Crippen LogP contribution in [0.4, 0.5) is 0 Å². The quantitative estimate of drug-likeness (QED) is 0.736. The normalized spacial score (nSPS) is 30.1. The maximum Gasteiger partial charge on any atom is 0.191 e. The number of rotatable bonds is 5. The van der Waals surface area contributed by atoms with Gasteiger partial charge in [-0.1, -0.05) is 27.2 Å². The van der Waals surface area contributed by atoms with Crippen molar-refractivity contribution in [1.82, 2.24) is 10.6 Å². The Kier molecular flexibility index (Phi) is 4.49. The van der Waals surface area contributed by atoms with Gasteiger partial charge in [-0.15, -0.1) is 0 Å². The average molecular weight is 253 g/mol. The van der Waals surface area contributed by atoms with E-state index in [-0.39, 0.29) is 5.41 Å². The fourth-order valence-electron chi connectivity index (χ4n) is 2.58. The van der Waals surface area contributed by atoms with E-state index in [9.17, 15) is 0 Å². The third kappa shape index (κ3) is 2.97. The number of unbranched alkanes of at least 4 members (excludes halogenated alkanes) is 1. The molecule has 4 heteroatoms. The SMILES string of the molecule is CCCCOC1CC(NC2=NCCCN2)C1(C)C. The van der Waals surface area contributed by atoms with Gasteiger partial charge in [-0.05, 0) is 19.3 Å². The first-order valence-corrected chi connectivity index (χ1v) is 7.31. The highest BCUT2D eigenvalue weighted by molar-refractivity contribution is 5.80. The van der Waals surface area contributed by atoms with Crippen LogP contribution in [0.15, 0.2) is 4.99 Å². The summed E-state index contributed by atoms with van der Waals surface area (Å²) in [7, 11) is 0. The van der Waals surface area contributed by atoms with E-state index in [0.29, 0.717) is 12.1 Å². The van der Waals surface area contributed by atoms with Crippen molar-refractivity contribution in [3.8, 4) is 0 Å². The molecule has 0 spiro atoms. The molecule has 0 bridgehead atoms. The molecule has 1 heterocycles. The first kappa shape index (κ1) is 13.7. The predicted molar refractivity (Wildman–Crippen MR) is 74.9 cm³/mol. The molecule has 4 nitrogen and oxygen atoms in total. The number of ether oxygens (including phenoxy) is 1. The molecule has 1 saturated carbocycles. The van der Waals surface area contributed by atoms with Gasteiger partial charge >= 0.3 is 0 Å². The van der Waals surface area contributed by atoms with Crippen molar-refractivity contribution >= 4 is 5.96 Å². The van der Waals surface area contributed by atoms with Crippen molar-refractivity contribution in [3.05, 3.63) is 0 Å². The Morgan fingerprint density at radius 1 is 1.50 bits per heavy atom. The molecule has 0 amide bonds. The number of guanidine groups is 1. The molecule has 2 rings (SSSR count). The number of nitrogens with zero attached hydrogens (tertiary/aromatic N) is 1. The first-order valence-electron chi connectivity index (χ1n) is 7.31. The number of hydrogen-bond donors (Lipinski definition) is 2. The summed E-state index contributed by atoms with van der Waals surface area (Å²) in [5.41, 5.74) is 0.204. The molecule has 2 aliphatic rings. The number of hydrogen-bond acceptors (Lipinski definition) is 4. The number of nitrogens with one attached hydrogen (secondary N) is 2. The molecule has 2 N–H and O–H groups in total. The van der Waals surface area contributed by atoms with Gasteiger partial charge in [0.25, 0.3) is 0 Å². The van der Waals surface area contributed by atoms with Gasteiger partial charge in [0.05, 0.1) is 6.10 Å². The Hall–Kier alpha value is -0.770. The van der Waals surface area contributed by atoms with E-state index in [1.54, 1.807) is 0 Å². The second-order valence-corrected chi connectivity index (χ2v) is 5.98. The molecule has 1 aliphatic heterocycles. The van der Waals surface area contributed by atoms with Gasteiger partial charge in [-0.2, -0.15) is 0 Å². The van der Waals surface area contributed by atoms with E-state index in [1.807, 2.05) is 0 Å². The van der Waals surface area contributed by atoms with E-state index >= 15 is 0 Å². The summed E-state index contributed by atoms with van der Waals surface area (Å²) in [5.74, 6) is 0.978. The molecule has 0 aromatic heterocycles. The zero-order chi connectivity index (χ0) is 13.0. The van der Waals surface area contributed by atoms with Crippen LogP contribution in [0.25, 0.3) is 0 Å². The van der Waals surface area contributed by atoms with Crippen LogP contribution in [-0.4, -0.2) is 37.8 Å². The van der Waals surface area contributed by atoms with Gasteiger partial charge in [0.1, 0.15) is 0 Å². The van der Waals surface area contributed by atoms with Crippen LogP contribution in [0.1, 0.15) is 46.5 Å². The number of aliphatic imine (C=N–C) groups is 1. The molecule has 1 aliphatic carbocycles. The minimum absolute atomic E-state index is 0.204. The topological polar surface area (TPSA) is 45.6 Å². The third-order valence-corrected chi connectivity index (χ3v) is 4.20. The summed E-state index contributed by atoms with van der Waals surface area (Å²) in [6.07, 6.45) is 5.00. The molecule has 18 heavy (non-hydrogen) atoms. The van der Waals surface area contributed by atoms with Crippen molar-refractivity contribution in [2.24, 2.45) is 10.4 Å². The van der Waals surface area contributed by atoms with Crippen LogP contribution < -0.4 is 10.6 Å². The van der Waals surface area contributed by atoms with Crippen molar-refractivity contribution in [1.29, 1.82) is 0 Å². The summed E-state index contributed by atoms with van der Waals surface area (Å²) in [6, 6.07) is 0.480. The molecular weight excluding hydrogens is 226 g/mol. The molecule has 0 aromatic carbocycles. The Balaban J connectivity index is 1.77. The lowest BCUT2D eigenvalue weighted by molar-refractivity contribution is -0.113. The van der Waals surface area contributed by atoms with Crippen LogP contribution >= 0.6 is 0 Å². The van der Waals surface area contributed by atoms with Gasteiger partial charge in [0.15, 0.2) is 5.96 Å². The van der Waals surface area contributed by atoms with Gasteiger partial charge in [0.2, 0.25) is 0 Å². The minimum atomic E-state index is 0.204. The fourth-order valence-corrected chi connectivity index (χ4v) is 2.58. The molecule has 2 unspecified atom stereocenters. The summed E-state index contributed by atoms with van der Waals surface area (Å²) in [4.78, 5) is 4.47. The Bertz CT molecular complexity index is 301. The monoisotopic (exact) mass is 253 g/mol. The first-order chi connectivity index (χ1) is 8.64. The molecule has 2 atom stereocenters. The van der Waals surface area contributed by atoms with Crippen LogP contribution in [0.5, 0.6) is 0 Å². The highest BCUT2D eigenvalue weighted by Crippen LogP contribution is 2.42. The van der Waals surface area contributed by atoms with E-state index in [2.05, 4.69) is 36.4 Å². The van der Waals surface area contributed by atoms with Gasteiger partial charge < -0.3 is 15.4 Å². The summed E-state index contributed by atoms with van der Waals surface area (Å²) < 4.78 is 5.95. The van der Waals surface area contributed by atoms with Crippen LogP contribution in [0.2, 0.25) is 0 Å². The lowest BCUT2D eigenvalue weighted by Crippen LogP contribution is -2.64. The average Bonchev–Trinajstić information content (AvgIpc) is 2.38. The minimum Gasteiger partial charge on any atom is -0.378 e. The summed E-state index contributed by atoms with van der Waals surface area (Å²) in [6.45, 7) is 9.65. The molecular formula is C14H27N3O.